The molecule has 1 atom stereocenters. The van der Waals surface area contributed by atoms with Crippen LogP contribution in [-0.2, 0) is 4.74 Å². The molecule has 0 aliphatic heterocycles. The molecule has 1 heterocycles. The summed E-state index contributed by atoms with van der Waals surface area (Å²) in [4.78, 5) is 19.6. The molecule has 0 spiro atoms. The van der Waals surface area contributed by atoms with E-state index in [9.17, 15) is 4.79 Å². The van der Waals surface area contributed by atoms with Crippen LogP contribution in [-0.4, -0.2) is 42.9 Å². The molecule has 1 aromatic carbocycles. The molecule has 1 unspecified atom stereocenters. The number of halogens is 1. The normalized spacial score (nSPS) is 11.7. The number of nitrogen functional groups attached to an aromatic ring is 1. The zero-order valence-corrected chi connectivity index (χ0v) is 17.8. The first-order valence-electron chi connectivity index (χ1n) is 9.04. The molecule has 2 aromatic rings. The highest BCUT2D eigenvalue weighted by atomic mass is 35.5. The Kier molecular flexibility index (Phi) is 7.72. The number of rotatable bonds is 8. The maximum absolute atomic E-state index is 11.1. The lowest BCUT2D eigenvalue weighted by Crippen LogP contribution is -2.28. The Morgan fingerprint density at radius 2 is 1.97 bits per heavy atom. The summed E-state index contributed by atoms with van der Waals surface area (Å²) in [6, 6.07) is 3.30. The van der Waals surface area contributed by atoms with E-state index in [0.717, 1.165) is 5.56 Å². The van der Waals surface area contributed by atoms with Gasteiger partial charge in [-0.25, -0.2) is 9.78 Å². The number of hydrogen-bond acceptors (Lipinski definition) is 8. The maximum atomic E-state index is 11.1. The molecule has 2 rings (SSSR count). The number of amides is 1. The molecule has 10 heteroatoms. The molecule has 0 radical (unpaired) electrons. The van der Waals surface area contributed by atoms with Gasteiger partial charge in [0, 0.05) is 18.7 Å². The van der Waals surface area contributed by atoms with E-state index >= 15 is 0 Å². The Morgan fingerprint density at radius 1 is 1.24 bits per heavy atom. The van der Waals surface area contributed by atoms with Crippen molar-refractivity contribution < 1.29 is 19.0 Å². The van der Waals surface area contributed by atoms with Crippen LogP contribution in [0.25, 0.3) is 0 Å². The largest absolute Gasteiger partial charge is 0.495 e. The molecular weight excluding hydrogens is 398 g/mol. The average molecular weight is 424 g/mol. The summed E-state index contributed by atoms with van der Waals surface area (Å²) in [6.07, 6.45) is 0.959. The van der Waals surface area contributed by atoms with Crippen molar-refractivity contribution >= 4 is 29.5 Å². The summed E-state index contributed by atoms with van der Waals surface area (Å²) >= 11 is 6.24. The number of ether oxygens (including phenoxy) is 3. The fraction of sp³-hybridized carbons (Fsp3) is 0.421. The molecule has 0 saturated heterocycles. The van der Waals surface area contributed by atoms with Crippen LogP contribution in [0.5, 0.6) is 17.2 Å². The van der Waals surface area contributed by atoms with E-state index in [1.807, 2.05) is 26.8 Å². The summed E-state index contributed by atoms with van der Waals surface area (Å²) in [5.41, 5.74) is 6.95. The second-order valence-electron chi connectivity index (χ2n) is 6.62. The van der Waals surface area contributed by atoms with Crippen LogP contribution in [0.3, 0.4) is 0 Å². The van der Waals surface area contributed by atoms with Crippen LogP contribution in [0, 0.1) is 0 Å². The van der Waals surface area contributed by atoms with Crippen molar-refractivity contribution in [1.29, 1.82) is 0 Å². The Morgan fingerprint density at radius 3 is 2.55 bits per heavy atom. The van der Waals surface area contributed by atoms with E-state index in [4.69, 9.17) is 31.5 Å². The third-order valence-corrected chi connectivity index (χ3v) is 4.25. The van der Waals surface area contributed by atoms with E-state index in [1.54, 1.807) is 13.2 Å². The first kappa shape index (κ1) is 22.4. The van der Waals surface area contributed by atoms with Gasteiger partial charge in [-0.1, -0.05) is 25.4 Å². The third-order valence-electron chi connectivity index (χ3n) is 3.95. The van der Waals surface area contributed by atoms with Crippen LogP contribution in [0.4, 0.5) is 16.6 Å². The van der Waals surface area contributed by atoms with E-state index in [1.165, 1.54) is 13.2 Å². The molecule has 9 nitrogen and oxygen atoms in total. The maximum Gasteiger partial charge on any atom is 0.406 e. The third kappa shape index (κ3) is 6.02. The van der Waals surface area contributed by atoms with Crippen LogP contribution in [0.15, 0.2) is 18.3 Å². The number of hydrogen-bond donors (Lipinski definition) is 3. The van der Waals surface area contributed by atoms with E-state index in [-0.39, 0.29) is 24.4 Å². The molecule has 158 valence electrons. The zero-order chi connectivity index (χ0) is 21.6. The van der Waals surface area contributed by atoms with Crippen molar-refractivity contribution in [1.82, 2.24) is 15.3 Å². The Hall–Kier alpha value is -2.94. The topological polar surface area (TPSA) is 121 Å². The lowest BCUT2D eigenvalue weighted by atomic mass is 10.0. The number of methoxy groups -OCH3 is 1. The van der Waals surface area contributed by atoms with Gasteiger partial charge in [0.2, 0.25) is 5.95 Å². The van der Waals surface area contributed by atoms with Gasteiger partial charge in [0.15, 0.2) is 11.6 Å². The molecule has 1 amide bonds. The highest BCUT2D eigenvalue weighted by Crippen LogP contribution is 2.39. The minimum absolute atomic E-state index is 0.142. The summed E-state index contributed by atoms with van der Waals surface area (Å²) in [5, 5.41) is 5.81. The molecule has 0 bridgehead atoms. The lowest BCUT2D eigenvalue weighted by molar-refractivity contribution is 0.145. The molecule has 29 heavy (non-hydrogen) atoms. The first-order chi connectivity index (χ1) is 13.7. The summed E-state index contributed by atoms with van der Waals surface area (Å²) in [5.74, 6) is 2.03. The van der Waals surface area contributed by atoms with Crippen molar-refractivity contribution in [2.24, 2.45) is 0 Å². The van der Waals surface area contributed by atoms with Gasteiger partial charge in [-0.05, 0) is 18.9 Å². The van der Waals surface area contributed by atoms with Crippen LogP contribution >= 0.6 is 11.6 Å². The number of nitrogens with zero attached hydrogens (tertiary/aromatic N) is 2. The average Bonchev–Trinajstić information content (AvgIpc) is 2.68. The van der Waals surface area contributed by atoms with Crippen molar-refractivity contribution in [2.45, 2.75) is 32.7 Å². The molecule has 0 aliphatic carbocycles. The van der Waals surface area contributed by atoms with Crippen molar-refractivity contribution in [3.05, 3.63) is 28.9 Å². The second-order valence-corrected chi connectivity index (χ2v) is 7.03. The number of alkyl carbamates (subject to hydrolysis) is 1. The monoisotopic (exact) mass is 423 g/mol. The molecule has 0 aliphatic rings. The standard InChI is InChI=1S/C19H26ClN5O4/c1-10(2)12-6-15(27-5)13(20)7-14(12)29-16-8-23-18(25-17(16)21)24-11(3)9-28-19(26)22-4/h6-8,10-11H,9H2,1-5H3,(H,22,26)(H3,21,23,24,25). The van der Waals surface area contributed by atoms with Crippen molar-refractivity contribution in [3.63, 3.8) is 0 Å². The predicted octanol–water partition coefficient (Wildman–Crippen LogP) is 3.79. The van der Waals surface area contributed by atoms with E-state index in [0.29, 0.717) is 28.2 Å². The quantitative estimate of drug-likeness (QED) is 0.586. The van der Waals surface area contributed by atoms with Gasteiger partial charge in [0.1, 0.15) is 18.1 Å². The molecule has 1 aromatic heterocycles. The predicted molar refractivity (Wildman–Crippen MR) is 112 cm³/mol. The number of aromatic nitrogens is 2. The van der Waals surface area contributed by atoms with E-state index < -0.39 is 6.09 Å². The number of nitrogens with two attached hydrogens (primary N) is 1. The summed E-state index contributed by atoms with van der Waals surface area (Å²) in [7, 11) is 3.05. The SMILES string of the molecule is CNC(=O)OCC(C)Nc1ncc(Oc2cc(Cl)c(OC)cc2C(C)C)c(N)n1. The Bertz CT molecular complexity index is 863. The van der Waals surface area contributed by atoms with Gasteiger partial charge in [0.25, 0.3) is 0 Å². The van der Waals surface area contributed by atoms with E-state index in [2.05, 4.69) is 20.6 Å². The summed E-state index contributed by atoms with van der Waals surface area (Å²) in [6.45, 7) is 6.03. The number of carbonyl (C=O) groups excluding carboxylic acids is 1. The molecule has 0 saturated carbocycles. The van der Waals surface area contributed by atoms with Gasteiger partial charge < -0.3 is 30.6 Å². The smallest absolute Gasteiger partial charge is 0.406 e. The van der Waals surface area contributed by atoms with Gasteiger partial charge in [-0.3, -0.25) is 0 Å². The summed E-state index contributed by atoms with van der Waals surface area (Å²) < 4.78 is 16.2. The zero-order valence-electron chi connectivity index (χ0n) is 17.1. The van der Waals surface area contributed by atoms with Crippen LogP contribution in [0.1, 0.15) is 32.3 Å². The molecular formula is C19H26ClN5O4. The van der Waals surface area contributed by atoms with Gasteiger partial charge in [-0.15, -0.1) is 0 Å². The van der Waals surface area contributed by atoms with Crippen molar-refractivity contribution in [3.8, 4) is 17.2 Å². The number of benzene rings is 1. The van der Waals surface area contributed by atoms with Gasteiger partial charge in [0.05, 0.1) is 24.4 Å². The highest BCUT2D eigenvalue weighted by molar-refractivity contribution is 6.32. The fourth-order valence-corrected chi connectivity index (χ4v) is 2.66. The first-order valence-corrected chi connectivity index (χ1v) is 9.41. The Labute approximate surface area is 174 Å². The lowest BCUT2D eigenvalue weighted by Gasteiger charge is -2.17. The number of carbonyl (C=O) groups is 1. The highest BCUT2D eigenvalue weighted by Gasteiger charge is 2.16. The fourth-order valence-electron chi connectivity index (χ4n) is 2.43. The number of anilines is 2. The second kappa shape index (κ2) is 10.0. The molecule has 0 fully saturated rings. The molecule has 4 N–H and O–H groups in total. The van der Waals surface area contributed by atoms with Crippen molar-refractivity contribution in [2.75, 3.05) is 31.8 Å². The van der Waals surface area contributed by atoms with Gasteiger partial charge in [-0.2, -0.15) is 4.98 Å². The Balaban J connectivity index is 2.15. The van der Waals surface area contributed by atoms with Crippen LogP contribution in [0.2, 0.25) is 5.02 Å². The number of nitrogens with one attached hydrogen (secondary N) is 2. The van der Waals surface area contributed by atoms with Gasteiger partial charge >= 0.3 is 6.09 Å². The minimum Gasteiger partial charge on any atom is -0.495 e. The minimum atomic E-state index is -0.512. The van der Waals surface area contributed by atoms with Crippen LogP contribution < -0.4 is 25.8 Å².